The van der Waals surface area contributed by atoms with Gasteiger partial charge in [-0.1, -0.05) is 12.1 Å². The molecule has 2 rings (SSSR count). The van der Waals surface area contributed by atoms with E-state index in [1.54, 1.807) is 19.1 Å². The highest BCUT2D eigenvalue weighted by Crippen LogP contribution is 2.20. The molecule has 0 bridgehead atoms. The lowest BCUT2D eigenvalue weighted by Gasteiger charge is -2.08. The first-order valence-corrected chi connectivity index (χ1v) is 6.48. The van der Waals surface area contributed by atoms with E-state index < -0.39 is 10.1 Å². The molecule has 0 saturated carbocycles. The number of epoxide rings is 1. The minimum Gasteiger partial charge on any atom is -0.371 e. The summed E-state index contributed by atoms with van der Waals surface area (Å²) in [6.07, 6.45) is -0.0557. The van der Waals surface area contributed by atoms with Gasteiger partial charge < -0.3 is 4.74 Å². The van der Waals surface area contributed by atoms with E-state index in [4.69, 9.17) is 8.92 Å². The highest BCUT2D eigenvalue weighted by Gasteiger charge is 2.27. The van der Waals surface area contributed by atoms with Gasteiger partial charge in [0.05, 0.1) is 18.1 Å². The normalized spacial score (nSPS) is 19.8. The highest BCUT2D eigenvalue weighted by molar-refractivity contribution is 7.86. The summed E-state index contributed by atoms with van der Waals surface area (Å²) in [5.74, 6) is 0. The Hall–Kier alpha value is -0.910. The fourth-order valence-corrected chi connectivity index (χ4v) is 2.62. The van der Waals surface area contributed by atoms with Gasteiger partial charge in [-0.15, -0.1) is 0 Å². The first kappa shape index (κ1) is 11.6. The Morgan fingerprint density at radius 1 is 1.44 bits per heavy atom. The van der Waals surface area contributed by atoms with Crippen molar-refractivity contribution in [3.05, 3.63) is 29.3 Å². The maximum atomic E-state index is 11.9. The molecule has 88 valence electrons. The number of hydrogen-bond acceptors (Lipinski definition) is 4. The molecule has 4 nitrogen and oxygen atoms in total. The fourth-order valence-electron chi connectivity index (χ4n) is 1.37. The van der Waals surface area contributed by atoms with Gasteiger partial charge in [0.25, 0.3) is 10.1 Å². The predicted molar refractivity (Wildman–Crippen MR) is 58.8 cm³/mol. The Morgan fingerprint density at radius 2 is 2.12 bits per heavy atom. The second-order valence-corrected chi connectivity index (χ2v) is 5.55. The van der Waals surface area contributed by atoms with Crippen LogP contribution in [0.4, 0.5) is 0 Å². The Balaban J connectivity index is 2.22. The number of benzene rings is 1. The van der Waals surface area contributed by atoms with Crippen LogP contribution in [0.15, 0.2) is 23.1 Å². The Kier molecular flexibility index (Phi) is 3.01. The largest absolute Gasteiger partial charge is 0.371 e. The summed E-state index contributed by atoms with van der Waals surface area (Å²) >= 11 is 0. The minimum atomic E-state index is -3.65. The van der Waals surface area contributed by atoms with Gasteiger partial charge in [0, 0.05) is 0 Å². The van der Waals surface area contributed by atoms with Gasteiger partial charge in [0.1, 0.15) is 6.10 Å². The van der Waals surface area contributed by atoms with Gasteiger partial charge in [-0.25, -0.2) is 0 Å². The zero-order valence-electron chi connectivity index (χ0n) is 9.26. The summed E-state index contributed by atoms with van der Waals surface area (Å²) in [4.78, 5) is 0.244. The van der Waals surface area contributed by atoms with E-state index >= 15 is 0 Å². The van der Waals surface area contributed by atoms with Crippen molar-refractivity contribution in [2.45, 2.75) is 24.8 Å². The van der Waals surface area contributed by atoms with Crippen LogP contribution in [0.25, 0.3) is 0 Å². The van der Waals surface area contributed by atoms with Crippen LogP contribution in [0.2, 0.25) is 0 Å². The quantitative estimate of drug-likeness (QED) is 0.591. The number of hydrogen-bond donors (Lipinski definition) is 0. The van der Waals surface area contributed by atoms with E-state index in [9.17, 15) is 8.42 Å². The van der Waals surface area contributed by atoms with Crippen molar-refractivity contribution in [3.63, 3.8) is 0 Å². The molecule has 0 amide bonds. The first-order valence-electron chi connectivity index (χ1n) is 5.07. The van der Waals surface area contributed by atoms with E-state index in [1.165, 1.54) is 0 Å². The summed E-state index contributed by atoms with van der Waals surface area (Å²) in [5.41, 5.74) is 1.60. The van der Waals surface area contributed by atoms with Gasteiger partial charge in [0.15, 0.2) is 0 Å². The van der Waals surface area contributed by atoms with Crippen molar-refractivity contribution < 1.29 is 17.3 Å². The third-order valence-corrected chi connectivity index (χ3v) is 3.85. The third-order valence-electron chi connectivity index (χ3n) is 2.42. The van der Waals surface area contributed by atoms with E-state index in [0.29, 0.717) is 12.2 Å². The lowest BCUT2D eigenvalue weighted by atomic mass is 10.2. The van der Waals surface area contributed by atoms with Crippen molar-refractivity contribution in [2.75, 3.05) is 13.2 Å². The lowest BCUT2D eigenvalue weighted by Crippen LogP contribution is -2.12. The molecule has 1 aromatic rings. The van der Waals surface area contributed by atoms with Crippen molar-refractivity contribution in [2.24, 2.45) is 0 Å². The van der Waals surface area contributed by atoms with Crippen LogP contribution in [0.1, 0.15) is 11.1 Å². The van der Waals surface area contributed by atoms with E-state index in [0.717, 1.165) is 5.56 Å². The maximum absolute atomic E-state index is 11.9. The number of rotatable bonds is 4. The summed E-state index contributed by atoms with van der Waals surface area (Å²) in [5, 5.41) is 0. The van der Waals surface area contributed by atoms with E-state index in [-0.39, 0.29) is 17.6 Å². The summed E-state index contributed by atoms with van der Waals surface area (Å²) in [6.45, 7) is 4.30. The van der Waals surface area contributed by atoms with Crippen LogP contribution in [0.5, 0.6) is 0 Å². The van der Waals surface area contributed by atoms with Crippen LogP contribution < -0.4 is 0 Å². The molecule has 16 heavy (non-hydrogen) atoms. The van der Waals surface area contributed by atoms with Crippen molar-refractivity contribution in [1.82, 2.24) is 0 Å². The van der Waals surface area contributed by atoms with Crippen molar-refractivity contribution in [3.8, 4) is 0 Å². The van der Waals surface area contributed by atoms with E-state index in [2.05, 4.69) is 0 Å². The standard InChI is InChI=1S/C11H14O4S/c1-8-3-4-9(2)11(5-8)16(12,13)15-7-10-6-14-10/h3-5,10H,6-7H2,1-2H3. The molecule has 0 aromatic heterocycles. The topological polar surface area (TPSA) is 55.9 Å². The average molecular weight is 242 g/mol. The fraction of sp³-hybridized carbons (Fsp3) is 0.455. The monoisotopic (exact) mass is 242 g/mol. The molecule has 0 spiro atoms. The SMILES string of the molecule is Cc1ccc(C)c(S(=O)(=O)OCC2CO2)c1. The molecule has 5 heteroatoms. The van der Waals surface area contributed by atoms with Gasteiger partial charge in [0.2, 0.25) is 0 Å². The smallest absolute Gasteiger partial charge is 0.297 e. The number of aryl methyl sites for hydroxylation is 2. The van der Waals surface area contributed by atoms with Crippen molar-refractivity contribution in [1.29, 1.82) is 0 Å². The van der Waals surface area contributed by atoms with Gasteiger partial charge in [-0.3, -0.25) is 4.18 Å². The Labute approximate surface area is 95.3 Å². The first-order chi connectivity index (χ1) is 7.49. The van der Waals surface area contributed by atoms with Gasteiger partial charge in [-0.2, -0.15) is 8.42 Å². The predicted octanol–water partition coefficient (Wildman–Crippen LogP) is 1.41. The molecular weight excluding hydrogens is 228 g/mol. The highest BCUT2D eigenvalue weighted by atomic mass is 32.2. The van der Waals surface area contributed by atoms with Crippen LogP contribution in [-0.4, -0.2) is 27.7 Å². The molecular formula is C11H14O4S. The molecule has 1 aliphatic rings. The second-order valence-electron chi connectivity index (χ2n) is 3.96. The molecule has 1 aromatic carbocycles. The second kappa shape index (κ2) is 4.16. The van der Waals surface area contributed by atoms with Gasteiger partial charge in [-0.05, 0) is 31.0 Å². The molecule has 1 unspecified atom stereocenters. The number of ether oxygens (including phenoxy) is 1. The molecule has 1 fully saturated rings. The molecule has 0 radical (unpaired) electrons. The van der Waals surface area contributed by atoms with Crippen LogP contribution in [0.3, 0.4) is 0 Å². The van der Waals surface area contributed by atoms with Crippen molar-refractivity contribution >= 4 is 10.1 Å². The maximum Gasteiger partial charge on any atom is 0.297 e. The third kappa shape index (κ3) is 2.61. The summed E-state index contributed by atoms with van der Waals surface area (Å²) in [7, 11) is -3.65. The van der Waals surface area contributed by atoms with Crippen LogP contribution in [-0.2, 0) is 19.0 Å². The summed E-state index contributed by atoms with van der Waals surface area (Å²) in [6, 6.07) is 5.27. The molecule has 1 saturated heterocycles. The molecule has 0 aliphatic carbocycles. The lowest BCUT2D eigenvalue weighted by molar-refractivity contribution is 0.266. The molecule has 0 N–H and O–H groups in total. The average Bonchev–Trinajstić information content (AvgIpc) is 3.02. The van der Waals surface area contributed by atoms with Crippen LogP contribution in [0, 0.1) is 13.8 Å². The Bertz CT molecular complexity index is 489. The zero-order valence-corrected chi connectivity index (χ0v) is 10.1. The van der Waals surface area contributed by atoms with E-state index in [1.807, 2.05) is 13.0 Å². The minimum absolute atomic E-state index is 0.0557. The van der Waals surface area contributed by atoms with Gasteiger partial charge >= 0.3 is 0 Å². The Morgan fingerprint density at radius 3 is 2.75 bits per heavy atom. The molecule has 1 atom stereocenters. The molecule has 1 heterocycles. The van der Waals surface area contributed by atoms with Crippen LogP contribution >= 0.6 is 0 Å². The molecule has 1 aliphatic heterocycles. The summed E-state index contributed by atoms with van der Waals surface area (Å²) < 4.78 is 33.5. The zero-order chi connectivity index (χ0) is 11.8.